The van der Waals surface area contributed by atoms with Crippen LogP contribution in [0.5, 0.6) is 0 Å². The van der Waals surface area contributed by atoms with Crippen molar-refractivity contribution in [2.24, 2.45) is 0 Å². The molecular weight excluding hydrogens is 323 g/mol. The molecular formula is C16H14Cl2N2O2. The van der Waals surface area contributed by atoms with Gasteiger partial charge in [0.05, 0.1) is 16.5 Å². The molecule has 0 aromatic heterocycles. The van der Waals surface area contributed by atoms with Crippen LogP contribution in [-0.2, 0) is 16.0 Å². The van der Waals surface area contributed by atoms with Crippen molar-refractivity contribution in [1.82, 2.24) is 0 Å². The first-order valence-electron chi connectivity index (χ1n) is 6.55. The molecule has 0 aliphatic carbocycles. The normalized spacial score (nSPS) is 10.1. The Morgan fingerprint density at radius 1 is 0.955 bits per heavy atom. The van der Waals surface area contributed by atoms with E-state index in [4.69, 9.17) is 23.2 Å². The lowest BCUT2D eigenvalue weighted by atomic mass is 10.1. The highest BCUT2D eigenvalue weighted by atomic mass is 35.5. The minimum Gasteiger partial charge on any atom is -0.326 e. The highest BCUT2D eigenvalue weighted by Gasteiger charge is 2.07. The van der Waals surface area contributed by atoms with E-state index in [0.717, 1.165) is 5.56 Å². The van der Waals surface area contributed by atoms with Crippen molar-refractivity contribution in [3.8, 4) is 0 Å². The molecule has 0 saturated heterocycles. The van der Waals surface area contributed by atoms with E-state index in [1.54, 1.807) is 42.5 Å². The van der Waals surface area contributed by atoms with Gasteiger partial charge >= 0.3 is 0 Å². The SMILES string of the molecule is CC(=O)Nc1cccc(NC(=O)Cc2ccc(Cl)c(Cl)c2)c1. The molecule has 6 heteroatoms. The van der Waals surface area contributed by atoms with Gasteiger partial charge in [0, 0.05) is 18.3 Å². The Hall–Kier alpha value is -2.04. The molecule has 22 heavy (non-hydrogen) atoms. The van der Waals surface area contributed by atoms with Crippen molar-refractivity contribution in [1.29, 1.82) is 0 Å². The first-order valence-corrected chi connectivity index (χ1v) is 7.31. The average molecular weight is 337 g/mol. The zero-order valence-electron chi connectivity index (χ0n) is 11.8. The summed E-state index contributed by atoms with van der Waals surface area (Å²) in [5, 5.41) is 6.30. The Bertz CT molecular complexity index is 717. The zero-order chi connectivity index (χ0) is 16.1. The van der Waals surface area contributed by atoms with Gasteiger partial charge < -0.3 is 10.6 Å². The Labute approximate surface area is 138 Å². The van der Waals surface area contributed by atoms with Gasteiger partial charge in [0.1, 0.15) is 0 Å². The van der Waals surface area contributed by atoms with Gasteiger partial charge in [-0.05, 0) is 35.9 Å². The number of benzene rings is 2. The molecule has 114 valence electrons. The summed E-state index contributed by atoms with van der Waals surface area (Å²) in [6.45, 7) is 1.43. The van der Waals surface area contributed by atoms with Gasteiger partial charge in [0.15, 0.2) is 0 Å². The molecule has 0 aliphatic rings. The second-order valence-electron chi connectivity index (χ2n) is 4.74. The largest absolute Gasteiger partial charge is 0.326 e. The fraction of sp³-hybridized carbons (Fsp3) is 0.125. The molecule has 0 radical (unpaired) electrons. The van der Waals surface area contributed by atoms with E-state index in [9.17, 15) is 9.59 Å². The highest BCUT2D eigenvalue weighted by molar-refractivity contribution is 6.42. The number of halogens is 2. The second-order valence-corrected chi connectivity index (χ2v) is 5.55. The van der Waals surface area contributed by atoms with E-state index >= 15 is 0 Å². The molecule has 0 atom stereocenters. The van der Waals surface area contributed by atoms with Gasteiger partial charge in [-0.15, -0.1) is 0 Å². The standard InChI is InChI=1S/C16H14Cl2N2O2/c1-10(21)19-12-3-2-4-13(9-12)20-16(22)8-11-5-6-14(17)15(18)7-11/h2-7,9H,8H2,1H3,(H,19,21)(H,20,22). The van der Waals surface area contributed by atoms with Crippen LogP contribution in [0.2, 0.25) is 10.0 Å². The summed E-state index contributed by atoms with van der Waals surface area (Å²) in [5.74, 6) is -0.349. The third-order valence-electron chi connectivity index (χ3n) is 2.82. The summed E-state index contributed by atoms with van der Waals surface area (Å²) in [5.41, 5.74) is 2.00. The van der Waals surface area contributed by atoms with Gasteiger partial charge in [0.2, 0.25) is 11.8 Å². The van der Waals surface area contributed by atoms with Crippen molar-refractivity contribution in [2.45, 2.75) is 13.3 Å². The van der Waals surface area contributed by atoms with Crippen LogP contribution < -0.4 is 10.6 Å². The van der Waals surface area contributed by atoms with Gasteiger partial charge in [-0.1, -0.05) is 35.3 Å². The van der Waals surface area contributed by atoms with Gasteiger partial charge in [0.25, 0.3) is 0 Å². The van der Waals surface area contributed by atoms with E-state index < -0.39 is 0 Å². The fourth-order valence-electron chi connectivity index (χ4n) is 1.92. The summed E-state index contributed by atoms with van der Waals surface area (Å²) in [7, 11) is 0. The van der Waals surface area contributed by atoms with Crippen LogP contribution in [0, 0.1) is 0 Å². The number of nitrogens with one attached hydrogen (secondary N) is 2. The first kappa shape index (κ1) is 16.3. The van der Waals surface area contributed by atoms with Gasteiger partial charge in [-0.2, -0.15) is 0 Å². The van der Waals surface area contributed by atoms with E-state index in [2.05, 4.69) is 10.6 Å². The Morgan fingerprint density at radius 3 is 2.27 bits per heavy atom. The number of carbonyl (C=O) groups is 2. The third-order valence-corrected chi connectivity index (χ3v) is 3.55. The predicted octanol–water partition coefficient (Wildman–Crippen LogP) is 4.13. The monoisotopic (exact) mass is 336 g/mol. The predicted molar refractivity (Wildman–Crippen MR) is 89.5 cm³/mol. The fourth-order valence-corrected chi connectivity index (χ4v) is 2.24. The molecule has 2 amide bonds. The highest BCUT2D eigenvalue weighted by Crippen LogP contribution is 2.23. The number of amides is 2. The van der Waals surface area contributed by atoms with Crippen LogP contribution in [-0.4, -0.2) is 11.8 Å². The summed E-state index contributed by atoms with van der Waals surface area (Å²) in [4.78, 5) is 23.1. The van der Waals surface area contributed by atoms with Crippen molar-refractivity contribution in [3.63, 3.8) is 0 Å². The zero-order valence-corrected chi connectivity index (χ0v) is 13.3. The molecule has 2 aromatic carbocycles. The number of hydrogen-bond acceptors (Lipinski definition) is 2. The van der Waals surface area contributed by atoms with E-state index in [0.29, 0.717) is 21.4 Å². The average Bonchev–Trinajstić information content (AvgIpc) is 2.42. The molecule has 2 aromatic rings. The third kappa shape index (κ3) is 4.76. The number of hydrogen-bond donors (Lipinski definition) is 2. The lowest BCUT2D eigenvalue weighted by molar-refractivity contribution is -0.115. The van der Waals surface area contributed by atoms with Gasteiger partial charge in [-0.3, -0.25) is 9.59 Å². The van der Waals surface area contributed by atoms with Crippen LogP contribution in [0.4, 0.5) is 11.4 Å². The quantitative estimate of drug-likeness (QED) is 0.881. The molecule has 0 fully saturated rings. The smallest absolute Gasteiger partial charge is 0.228 e. The van der Waals surface area contributed by atoms with E-state index in [1.807, 2.05) is 0 Å². The molecule has 0 saturated carbocycles. The molecule has 0 heterocycles. The van der Waals surface area contributed by atoms with Crippen molar-refractivity contribution in [2.75, 3.05) is 10.6 Å². The maximum Gasteiger partial charge on any atom is 0.228 e. The Kier molecular flexibility index (Phi) is 5.41. The van der Waals surface area contributed by atoms with Crippen LogP contribution >= 0.6 is 23.2 Å². The second kappa shape index (κ2) is 7.29. The maximum atomic E-state index is 12.0. The summed E-state index contributed by atoms with van der Waals surface area (Å²) in [6.07, 6.45) is 0.182. The Balaban J connectivity index is 2.02. The molecule has 0 aliphatic heterocycles. The number of anilines is 2. The molecule has 4 nitrogen and oxygen atoms in total. The molecule has 2 N–H and O–H groups in total. The minimum absolute atomic E-state index is 0.167. The lowest BCUT2D eigenvalue weighted by Gasteiger charge is -2.08. The van der Waals surface area contributed by atoms with E-state index in [-0.39, 0.29) is 18.2 Å². The van der Waals surface area contributed by atoms with Crippen LogP contribution in [0.1, 0.15) is 12.5 Å². The lowest BCUT2D eigenvalue weighted by Crippen LogP contribution is -2.14. The summed E-state index contributed by atoms with van der Waals surface area (Å²) in [6, 6.07) is 12.0. The van der Waals surface area contributed by atoms with Crippen molar-refractivity contribution >= 4 is 46.4 Å². The molecule has 0 spiro atoms. The minimum atomic E-state index is -0.182. The van der Waals surface area contributed by atoms with Crippen molar-refractivity contribution < 1.29 is 9.59 Å². The number of carbonyl (C=O) groups excluding carboxylic acids is 2. The van der Waals surface area contributed by atoms with Crippen LogP contribution in [0.15, 0.2) is 42.5 Å². The molecule has 0 unspecified atom stereocenters. The summed E-state index contributed by atoms with van der Waals surface area (Å²) < 4.78 is 0. The summed E-state index contributed by atoms with van der Waals surface area (Å²) >= 11 is 11.8. The molecule has 2 rings (SSSR count). The van der Waals surface area contributed by atoms with Gasteiger partial charge in [-0.25, -0.2) is 0 Å². The van der Waals surface area contributed by atoms with Crippen molar-refractivity contribution in [3.05, 3.63) is 58.1 Å². The van der Waals surface area contributed by atoms with E-state index in [1.165, 1.54) is 6.92 Å². The maximum absolute atomic E-state index is 12.0. The number of rotatable bonds is 4. The molecule has 0 bridgehead atoms. The topological polar surface area (TPSA) is 58.2 Å². The Morgan fingerprint density at radius 2 is 1.64 bits per heavy atom. The first-order chi connectivity index (χ1) is 10.4. The van der Waals surface area contributed by atoms with Crippen LogP contribution in [0.3, 0.4) is 0 Å². The van der Waals surface area contributed by atoms with Crippen LogP contribution in [0.25, 0.3) is 0 Å².